The van der Waals surface area contributed by atoms with Crippen LogP contribution < -0.4 is 5.32 Å². The van der Waals surface area contributed by atoms with E-state index in [9.17, 15) is 13.2 Å². The molecule has 100 valence electrons. The molecule has 2 heterocycles. The molecule has 1 aromatic heterocycles. The van der Waals surface area contributed by atoms with E-state index in [1.165, 1.54) is 0 Å². The summed E-state index contributed by atoms with van der Waals surface area (Å²) >= 11 is 3.69. The lowest BCUT2D eigenvalue weighted by Gasteiger charge is -2.21. The van der Waals surface area contributed by atoms with E-state index in [1.54, 1.807) is 0 Å². The summed E-state index contributed by atoms with van der Waals surface area (Å²) in [6, 6.07) is 0.871. The summed E-state index contributed by atoms with van der Waals surface area (Å²) in [5.41, 5.74) is -0.911. The lowest BCUT2D eigenvalue weighted by atomic mass is 10.4. The topological polar surface area (TPSA) is 37.8 Å². The monoisotopic (exact) mass is 295 g/mol. The first-order chi connectivity index (χ1) is 8.55. The molecule has 0 bridgehead atoms. The van der Waals surface area contributed by atoms with Crippen molar-refractivity contribution in [1.82, 2.24) is 9.97 Å². The van der Waals surface area contributed by atoms with E-state index in [0.717, 1.165) is 29.5 Å². The summed E-state index contributed by atoms with van der Waals surface area (Å²) in [7, 11) is 0. The molecule has 1 aliphatic heterocycles. The van der Waals surface area contributed by atoms with Gasteiger partial charge in [-0.1, -0.05) is 0 Å². The van der Waals surface area contributed by atoms with E-state index in [1.807, 2.05) is 23.5 Å². The number of alkyl halides is 3. The fraction of sp³-hybridized carbons (Fsp3) is 0.600. The predicted octanol–water partition coefficient (Wildman–Crippen LogP) is 2.76. The maximum absolute atomic E-state index is 12.4. The highest BCUT2D eigenvalue weighted by molar-refractivity contribution is 8.06. The van der Waals surface area contributed by atoms with Crippen LogP contribution in [-0.2, 0) is 6.18 Å². The SMILES string of the molecule is FC(F)(F)c1ccnc(NCC2CSCCS2)n1. The van der Waals surface area contributed by atoms with Gasteiger partial charge < -0.3 is 5.32 Å². The third-order valence-electron chi connectivity index (χ3n) is 2.32. The quantitative estimate of drug-likeness (QED) is 0.928. The van der Waals surface area contributed by atoms with Crippen molar-refractivity contribution < 1.29 is 13.2 Å². The van der Waals surface area contributed by atoms with Gasteiger partial charge in [0, 0.05) is 35.3 Å². The highest BCUT2D eigenvalue weighted by Crippen LogP contribution is 2.28. The van der Waals surface area contributed by atoms with Crippen LogP contribution in [0.25, 0.3) is 0 Å². The Bertz CT molecular complexity index is 394. The fourth-order valence-corrected chi connectivity index (χ4v) is 4.07. The van der Waals surface area contributed by atoms with Gasteiger partial charge >= 0.3 is 6.18 Å². The van der Waals surface area contributed by atoms with Crippen LogP contribution in [0.4, 0.5) is 19.1 Å². The molecule has 0 radical (unpaired) electrons. The van der Waals surface area contributed by atoms with Crippen LogP contribution in [-0.4, -0.2) is 39.0 Å². The summed E-state index contributed by atoms with van der Waals surface area (Å²) in [5, 5.41) is 3.27. The molecule has 1 unspecified atom stereocenters. The van der Waals surface area contributed by atoms with E-state index < -0.39 is 11.9 Å². The number of hydrogen-bond donors (Lipinski definition) is 1. The molecule has 2 rings (SSSR count). The molecule has 0 aliphatic carbocycles. The van der Waals surface area contributed by atoms with Gasteiger partial charge in [-0.2, -0.15) is 36.7 Å². The van der Waals surface area contributed by atoms with Crippen LogP contribution in [0.5, 0.6) is 0 Å². The molecular formula is C10H12F3N3S2. The minimum Gasteiger partial charge on any atom is -0.353 e. The van der Waals surface area contributed by atoms with Crippen LogP contribution in [0.1, 0.15) is 5.69 Å². The van der Waals surface area contributed by atoms with Crippen LogP contribution >= 0.6 is 23.5 Å². The zero-order valence-electron chi connectivity index (χ0n) is 9.41. The second kappa shape index (κ2) is 6.01. The lowest BCUT2D eigenvalue weighted by Crippen LogP contribution is -2.24. The zero-order valence-corrected chi connectivity index (χ0v) is 11.0. The minimum absolute atomic E-state index is 0.0426. The molecule has 0 saturated carbocycles. The number of hydrogen-bond acceptors (Lipinski definition) is 5. The van der Waals surface area contributed by atoms with Crippen LogP contribution in [0.3, 0.4) is 0 Å². The van der Waals surface area contributed by atoms with Crippen LogP contribution in [0.2, 0.25) is 0 Å². The summed E-state index contributed by atoms with van der Waals surface area (Å²) in [6.45, 7) is 0.596. The molecule has 0 spiro atoms. The molecule has 8 heteroatoms. The minimum atomic E-state index is -4.42. The van der Waals surface area contributed by atoms with Gasteiger partial charge in [0.15, 0.2) is 0 Å². The van der Waals surface area contributed by atoms with Gasteiger partial charge in [-0.25, -0.2) is 9.97 Å². The maximum Gasteiger partial charge on any atom is 0.433 e. The number of nitrogens with one attached hydrogen (secondary N) is 1. The average Bonchev–Trinajstić information content (AvgIpc) is 2.37. The Labute approximate surface area is 111 Å². The average molecular weight is 295 g/mol. The van der Waals surface area contributed by atoms with Gasteiger partial charge in [0.25, 0.3) is 0 Å². The van der Waals surface area contributed by atoms with Gasteiger partial charge in [-0.15, -0.1) is 0 Å². The van der Waals surface area contributed by atoms with E-state index >= 15 is 0 Å². The van der Waals surface area contributed by atoms with Crippen molar-refractivity contribution in [2.24, 2.45) is 0 Å². The Morgan fingerprint density at radius 2 is 2.22 bits per heavy atom. The Morgan fingerprint density at radius 3 is 2.89 bits per heavy atom. The normalized spacial score (nSPS) is 20.7. The largest absolute Gasteiger partial charge is 0.433 e. The molecule has 0 aromatic carbocycles. The third kappa shape index (κ3) is 3.94. The van der Waals surface area contributed by atoms with Gasteiger partial charge in [-0.3, -0.25) is 0 Å². The molecule has 1 N–H and O–H groups in total. The van der Waals surface area contributed by atoms with Crippen LogP contribution in [0, 0.1) is 0 Å². The lowest BCUT2D eigenvalue weighted by molar-refractivity contribution is -0.141. The number of anilines is 1. The molecule has 1 aromatic rings. The summed E-state index contributed by atoms with van der Waals surface area (Å²) in [6.07, 6.45) is -3.30. The standard InChI is InChI=1S/C10H12F3N3S2/c11-10(12,13)8-1-2-14-9(16-8)15-5-7-6-17-3-4-18-7/h1-2,7H,3-6H2,(H,14,15,16). The highest BCUT2D eigenvalue weighted by Gasteiger charge is 2.32. The molecule has 3 nitrogen and oxygen atoms in total. The molecule has 1 fully saturated rings. The smallest absolute Gasteiger partial charge is 0.353 e. The summed E-state index contributed by atoms with van der Waals surface area (Å²) in [4.78, 5) is 7.26. The molecule has 18 heavy (non-hydrogen) atoms. The Balaban J connectivity index is 1.92. The number of aromatic nitrogens is 2. The predicted molar refractivity (Wildman–Crippen MR) is 69.1 cm³/mol. The van der Waals surface area contributed by atoms with Crippen molar-refractivity contribution in [3.63, 3.8) is 0 Å². The Hall–Kier alpha value is -0.630. The summed E-state index contributed by atoms with van der Waals surface area (Å²) in [5.74, 6) is 3.28. The molecule has 1 aliphatic rings. The van der Waals surface area contributed by atoms with Gasteiger partial charge in [0.1, 0.15) is 5.69 Å². The Morgan fingerprint density at radius 1 is 1.39 bits per heavy atom. The molecule has 0 amide bonds. The molecule has 1 saturated heterocycles. The fourth-order valence-electron chi connectivity index (χ4n) is 1.46. The molecule has 1 atom stereocenters. The number of halogens is 3. The van der Waals surface area contributed by atoms with Crippen molar-refractivity contribution in [2.45, 2.75) is 11.4 Å². The number of nitrogens with zero attached hydrogens (tertiary/aromatic N) is 2. The van der Waals surface area contributed by atoms with Crippen molar-refractivity contribution in [3.8, 4) is 0 Å². The van der Waals surface area contributed by atoms with E-state index in [0.29, 0.717) is 11.8 Å². The van der Waals surface area contributed by atoms with E-state index in [2.05, 4.69) is 15.3 Å². The zero-order chi connectivity index (χ0) is 13.0. The van der Waals surface area contributed by atoms with Gasteiger partial charge in [0.2, 0.25) is 5.95 Å². The van der Waals surface area contributed by atoms with Gasteiger partial charge in [0.05, 0.1) is 0 Å². The molecular weight excluding hydrogens is 283 g/mol. The highest BCUT2D eigenvalue weighted by atomic mass is 32.2. The first kappa shape index (κ1) is 13.8. The van der Waals surface area contributed by atoms with Crippen molar-refractivity contribution >= 4 is 29.5 Å². The third-order valence-corrected chi connectivity index (χ3v) is 5.16. The first-order valence-electron chi connectivity index (χ1n) is 5.39. The van der Waals surface area contributed by atoms with Crippen molar-refractivity contribution in [1.29, 1.82) is 0 Å². The number of thioether (sulfide) groups is 2. The van der Waals surface area contributed by atoms with Crippen LogP contribution in [0.15, 0.2) is 12.3 Å². The number of rotatable bonds is 3. The second-order valence-electron chi connectivity index (χ2n) is 3.71. The van der Waals surface area contributed by atoms with Crippen molar-refractivity contribution in [3.05, 3.63) is 18.0 Å². The Kier molecular flexibility index (Phi) is 4.60. The maximum atomic E-state index is 12.4. The van der Waals surface area contributed by atoms with Gasteiger partial charge in [-0.05, 0) is 6.07 Å². The van der Waals surface area contributed by atoms with E-state index in [4.69, 9.17) is 0 Å². The summed E-state index contributed by atoms with van der Waals surface area (Å²) < 4.78 is 37.3. The second-order valence-corrected chi connectivity index (χ2v) is 6.27. The van der Waals surface area contributed by atoms with Crippen molar-refractivity contribution in [2.75, 3.05) is 29.1 Å². The van der Waals surface area contributed by atoms with E-state index in [-0.39, 0.29) is 5.95 Å². The first-order valence-corrected chi connectivity index (χ1v) is 7.59.